The van der Waals surface area contributed by atoms with Gasteiger partial charge in [0.2, 0.25) is 5.91 Å². The number of fused-ring (bicyclic) bond motifs is 1. The normalized spacial score (nSPS) is 30.5. The molecule has 1 aromatic heterocycles. The fourth-order valence-corrected chi connectivity index (χ4v) is 6.44. The first-order valence-corrected chi connectivity index (χ1v) is 12.9. The van der Waals surface area contributed by atoms with Crippen molar-refractivity contribution in [1.29, 1.82) is 0 Å². The average Bonchev–Trinajstić information content (AvgIpc) is 2.85. The van der Waals surface area contributed by atoms with E-state index in [9.17, 15) is 19.1 Å². The number of carbonyl (C=O) groups is 2. The quantitative estimate of drug-likeness (QED) is 0.473. The third-order valence-corrected chi connectivity index (χ3v) is 8.51. The Kier molecular flexibility index (Phi) is 7.93. The van der Waals surface area contributed by atoms with Crippen LogP contribution in [0.5, 0.6) is 0 Å². The Morgan fingerprint density at radius 1 is 1.19 bits per heavy atom. The van der Waals surface area contributed by atoms with Crippen molar-refractivity contribution in [2.45, 2.75) is 65.1 Å². The molecule has 1 heterocycles. The Labute approximate surface area is 212 Å². The standard InChI is InChI=1S/C28H37FN4O3/c1-17(26(35)31-16-21-8-4-5-14-30-21)22-10-12-28(3)13-11-23(18(2)24(28)25(22)34)33-27(36)32-20-9-6-7-19(29)15-20/h4-9,14-15,17-18,22-25,34H,10-13,16H2,1-3H3,(H,31,35)(H2,32,33,36)/t17-,18+,22?,23-,24+,25-,28-/m0/s1. The minimum Gasteiger partial charge on any atom is -0.392 e. The van der Waals surface area contributed by atoms with Crippen LogP contribution in [0.3, 0.4) is 0 Å². The summed E-state index contributed by atoms with van der Waals surface area (Å²) in [5.41, 5.74) is 1.14. The van der Waals surface area contributed by atoms with Gasteiger partial charge in [0.15, 0.2) is 0 Å². The van der Waals surface area contributed by atoms with E-state index in [-0.39, 0.29) is 47.1 Å². The molecule has 194 valence electrons. The lowest BCUT2D eigenvalue weighted by Crippen LogP contribution is -2.58. The van der Waals surface area contributed by atoms with Gasteiger partial charge in [-0.25, -0.2) is 9.18 Å². The highest BCUT2D eigenvalue weighted by atomic mass is 19.1. The number of hydrogen-bond donors (Lipinski definition) is 4. The van der Waals surface area contributed by atoms with Gasteiger partial charge < -0.3 is 21.1 Å². The van der Waals surface area contributed by atoms with Crippen molar-refractivity contribution < 1.29 is 19.1 Å². The van der Waals surface area contributed by atoms with Crippen molar-refractivity contribution in [1.82, 2.24) is 15.6 Å². The number of rotatable bonds is 6. The van der Waals surface area contributed by atoms with E-state index >= 15 is 0 Å². The fourth-order valence-electron chi connectivity index (χ4n) is 6.44. The Morgan fingerprint density at radius 2 is 1.97 bits per heavy atom. The number of pyridine rings is 1. The van der Waals surface area contributed by atoms with Crippen LogP contribution in [0.2, 0.25) is 0 Å². The van der Waals surface area contributed by atoms with Gasteiger partial charge in [0.25, 0.3) is 0 Å². The van der Waals surface area contributed by atoms with Crippen LogP contribution in [0.1, 0.15) is 52.1 Å². The van der Waals surface area contributed by atoms with Gasteiger partial charge in [-0.1, -0.05) is 32.9 Å². The number of urea groups is 1. The number of carbonyl (C=O) groups excluding carboxylic acids is 2. The average molecular weight is 497 g/mol. The van der Waals surface area contributed by atoms with E-state index in [4.69, 9.17) is 0 Å². The lowest BCUT2D eigenvalue weighted by molar-refractivity contribution is -0.142. The van der Waals surface area contributed by atoms with Crippen LogP contribution in [-0.2, 0) is 11.3 Å². The number of aromatic nitrogens is 1. The minimum atomic E-state index is -0.648. The molecule has 1 unspecified atom stereocenters. The SMILES string of the molecule is C[C@H]1[C@@H]2[C@@H](O)C([C@H](C)C(=O)NCc3ccccn3)CC[C@@]2(C)CC[C@@H]1NC(=O)Nc1cccc(F)c1. The number of hydrogen-bond acceptors (Lipinski definition) is 4. The van der Waals surface area contributed by atoms with Crippen LogP contribution < -0.4 is 16.0 Å². The molecular formula is C28H37FN4O3. The lowest BCUT2D eigenvalue weighted by Gasteiger charge is -2.56. The summed E-state index contributed by atoms with van der Waals surface area (Å²) in [5.74, 6) is -1.02. The second kappa shape index (κ2) is 10.9. The van der Waals surface area contributed by atoms with E-state index < -0.39 is 11.9 Å². The Bertz CT molecular complexity index is 1070. The van der Waals surface area contributed by atoms with E-state index in [2.05, 4.69) is 34.8 Å². The predicted octanol–water partition coefficient (Wildman–Crippen LogP) is 4.49. The van der Waals surface area contributed by atoms with Gasteiger partial charge in [-0.15, -0.1) is 0 Å². The predicted molar refractivity (Wildman–Crippen MR) is 136 cm³/mol. The molecule has 7 atom stereocenters. The summed E-state index contributed by atoms with van der Waals surface area (Å²) in [6.45, 7) is 6.55. The lowest BCUT2D eigenvalue weighted by atomic mass is 9.52. The molecule has 2 aliphatic rings. The molecule has 0 aliphatic heterocycles. The minimum absolute atomic E-state index is 0.0172. The number of nitrogens with zero attached hydrogens (tertiary/aromatic N) is 1. The molecule has 36 heavy (non-hydrogen) atoms. The molecule has 0 spiro atoms. The van der Waals surface area contributed by atoms with Crippen LogP contribution in [0, 0.1) is 34.9 Å². The number of aliphatic hydroxyl groups excluding tert-OH is 1. The van der Waals surface area contributed by atoms with E-state index in [0.29, 0.717) is 12.2 Å². The van der Waals surface area contributed by atoms with E-state index in [0.717, 1.165) is 31.4 Å². The monoisotopic (exact) mass is 496 g/mol. The maximum atomic E-state index is 13.5. The topological polar surface area (TPSA) is 103 Å². The maximum Gasteiger partial charge on any atom is 0.319 e. The Balaban J connectivity index is 1.39. The number of halogens is 1. The van der Waals surface area contributed by atoms with Crippen molar-refractivity contribution in [3.63, 3.8) is 0 Å². The summed E-state index contributed by atoms with van der Waals surface area (Å²) in [5, 5.41) is 20.3. The summed E-state index contributed by atoms with van der Waals surface area (Å²) in [7, 11) is 0. The van der Waals surface area contributed by atoms with E-state index in [1.165, 1.54) is 12.1 Å². The third-order valence-electron chi connectivity index (χ3n) is 8.51. The van der Waals surface area contributed by atoms with Gasteiger partial charge in [-0.2, -0.15) is 0 Å². The molecule has 4 N–H and O–H groups in total. The Morgan fingerprint density at radius 3 is 2.69 bits per heavy atom. The molecule has 2 aromatic rings. The summed E-state index contributed by atoms with van der Waals surface area (Å²) < 4.78 is 13.5. The van der Waals surface area contributed by atoms with Gasteiger partial charge >= 0.3 is 6.03 Å². The van der Waals surface area contributed by atoms with Gasteiger partial charge in [0.1, 0.15) is 5.82 Å². The molecule has 2 fully saturated rings. The van der Waals surface area contributed by atoms with Gasteiger partial charge in [0, 0.05) is 23.8 Å². The molecule has 0 bridgehead atoms. The van der Waals surface area contributed by atoms with Crippen molar-refractivity contribution in [3.05, 3.63) is 60.2 Å². The summed E-state index contributed by atoms with van der Waals surface area (Å²) in [6, 6.07) is 10.9. The Hall–Kier alpha value is -3.00. The van der Waals surface area contributed by atoms with Crippen LogP contribution in [0.25, 0.3) is 0 Å². The van der Waals surface area contributed by atoms with Gasteiger partial charge in [-0.05, 0) is 79.2 Å². The molecule has 7 nitrogen and oxygen atoms in total. The van der Waals surface area contributed by atoms with E-state index in [1.54, 1.807) is 18.3 Å². The second-order valence-corrected chi connectivity index (χ2v) is 10.8. The molecular weight excluding hydrogens is 459 g/mol. The summed E-state index contributed by atoms with van der Waals surface area (Å²) in [6.07, 6.45) is 4.47. The molecule has 3 amide bonds. The largest absolute Gasteiger partial charge is 0.392 e. The molecule has 4 rings (SSSR count). The molecule has 2 aliphatic carbocycles. The summed E-state index contributed by atoms with van der Waals surface area (Å²) in [4.78, 5) is 29.8. The highest BCUT2D eigenvalue weighted by Gasteiger charge is 2.53. The van der Waals surface area contributed by atoms with Crippen LogP contribution >= 0.6 is 0 Å². The number of nitrogens with one attached hydrogen (secondary N) is 3. The highest BCUT2D eigenvalue weighted by molar-refractivity contribution is 5.89. The smallest absolute Gasteiger partial charge is 0.319 e. The molecule has 2 saturated carbocycles. The van der Waals surface area contributed by atoms with E-state index in [1.807, 2.05) is 25.1 Å². The first kappa shape index (κ1) is 26.1. The van der Waals surface area contributed by atoms with Crippen molar-refractivity contribution >= 4 is 17.6 Å². The maximum absolute atomic E-state index is 13.5. The van der Waals surface area contributed by atoms with Crippen molar-refractivity contribution in [3.8, 4) is 0 Å². The number of aliphatic hydroxyl groups is 1. The highest BCUT2D eigenvalue weighted by Crippen LogP contribution is 2.55. The number of benzene rings is 1. The van der Waals surface area contributed by atoms with Crippen molar-refractivity contribution in [2.24, 2.45) is 29.1 Å². The number of anilines is 1. The van der Waals surface area contributed by atoms with Crippen LogP contribution in [-0.4, -0.2) is 34.2 Å². The van der Waals surface area contributed by atoms with Gasteiger partial charge in [-0.3, -0.25) is 9.78 Å². The van der Waals surface area contributed by atoms with Crippen LogP contribution in [0.4, 0.5) is 14.9 Å². The number of amides is 3. The van der Waals surface area contributed by atoms with Crippen LogP contribution in [0.15, 0.2) is 48.7 Å². The second-order valence-electron chi connectivity index (χ2n) is 10.8. The zero-order valence-electron chi connectivity index (χ0n) is 21.2. The molecule has 0 saturated heterocycles. The fraction of sp³-hybridized carbons (Fsp3) is 0.536. The molecule has 0 radical (unpaired) electrons. The zero-order chi connectivity index (χ0) is 25.9. The zero-order valence-corrected chi connectivity index (χ0v) is 21.2. The van der Waals surface area contributed by atoms with Gasteiger partial charge in [0.05, 0.1) is 18.3 Å². The summed E-state index contributed by atoms with van der Waals surface area (Å²) >= 11 is 0. The first-order valence-electron chi connectivity index (χ1n) is 12.9. The third kappa shape index (κ3) is 5.69. The molecule has 1 aromatic carbocycles. The van der Waals surface area contributed by atoms with Crippen molar-refractivity contribution in [2.75, 3.05) is 5.32 Å². The molecule has 8 heteroatoms. The first-order chi connectivity index (χ1) is 17.2.